The molecule has 1 amide bonds. The lowest BCUT2D eigenvalue weighted by Crippen LogP contribution is -2.24. The third-order valence-corrected chi connectivity index (χ3v) is 6.90. The lowest BCUT2D eigenvalue weighted by atomic mass is 9.87. The number of rotatable bonds is 3. The highest BCUT2D eigenvalue weighted by Crippen LogP contribution is 2.41. The molecule has 0 bridgehead atoms. The topological polar surface area (TPSA) is 42.0 Å². The molecule has 0 atom stereocenters. The second-order valence-corrected chi connectivity index (χ2v) is 8.73. The van der Waals surface area contributed by atoms with Crippen LogP contribution in [0.4, 0.5) is 5.69 Å². The standard InChI is InChI=1S/C23H34N2O/c26-23(18-12-7-3-4-8-13-18)25-21-16-24-20-15-9-14-19(20)22(21)17-10-5-1-2-6-11-17/h16-18H,1-15H2,(H,25,26). The maximum Gasteiger partial charge on any atom is 0.227 e. The summed E-state index contributed by atoms with van der Waals surface area (Å²) in [6.45, 7) is 0. The van der Waals surface area contributed by atoms with Crippen molar-refractivity contribution in [3.63, 3.8) is 0 Å². The quantitative estimate of drug-likeness (QED) is 0.685. The molecule has 3 heteroatoms. The average molecular weight is 355 g/mol. The molecule has 1 aromatic heterocycles. The Balaban J connectivity index is 1.59. The van der Waals surface area contributed by atoms with E-state index in [-0.39, 0.29) is 11.8 Å². The van der Waals surface area contributed by atoms with Gasteiger partial charge >= 0.3 is 0 Å². The van der Waals surface area contributed by atoms with Gasteiger partial charge in [-0.05, 0) is 62.0 Å². The Morgan fingerprint density at radius 2 is 1.50 bits per heavy atom. The summed E-state index contributed by atoms with van der Waals surface area (Å²) in [5.41, 5.74) is 5.30. The number of pyridine rings is 1. The summed E-state index contributed by atoms with van der Waals surface area (Å²) in [4.78, 5) is 17.7. The Labute approximate surface area is 158 Å². The molecule has 1 N–H and O–H groups in total. The van der Waals surface area contributed by atoms with Crippen LogP contribution in [0.25, 0.3) is 0 Å². The Morgan fingerprint density at radius 1 is 0.846 bits per heavy atom. The van der Waals surface area contributed by atoms with E-state index in [0.717, 1.165) is 31.4 Å². The molecule has 1 aromatic rings. The highest BCUT2D eigenvalue weighted by molar-refractivity contribution is 5.93. The van der Waals surface area contributed by atoms with Crippen molar-refractivity contribution in [1.29, 1.82) is 0 Å². The van der Waals surface area contributed by atoms with Crippen molar-refractivity contribution >= 4 is 11.6 Å². The van der Waals surface area contributed by atoms with Crippen LogP contribution in [0.1, 0.15) is 106 Å². The van der Waals surface area contributed by atoms with Crippen molar-refractivity contribution in [3.8, 4) is 0 Å². The molecule has 26 heavy (non-hydrogen) atoms. The minimum absolute atomic E-state index is 0.202. The number of nitrogens with one attached hydrogen (secondary N) is 1. The molecule has 2 saturated carbocycles. The Kier molecular flexibility index (Phi) is 5.91. The van der Waals surface area contributed by atoms with Crippen LogP contribution in [-0.4, -0.2) is 10.9 Å². The molecule has 0 spiro atoms. The molecule has 142 valence electrons. The van der Waals surface area contributed by atoms with E-state index in [1.54, 1.807) is 0 Å². The van der Waals surface area contributed by atoms with E-state index < -0.39 is 0 Å². The van der Waals surface area contributed by atoms with Gasteiger partial charge in [0.25, 0.3) is 0 Å². The van der Waals surface area contributed by atoms with E-state index in [1.165, 1.54) is 87.4 Å². The predicted molar refractivity (Wildman–Crippen MR) is 107 cm³/mol. The van der Waals surface area contributed by atoms with Crippen LogP contribution >= 0.6 is 0 Å². The summed E-state index contributed by atoms with van der Waals surface area (Å²) in [7, 11) is 0. The van der Waals surface area contributed by atoms with Gasteiger partial charge in [0, 0.05) is 11.6 Å². The number of nitrogens with zero attached hydrogens (tertiary/aromatic N) is 1. The zero-order valence-electron chi connectivity index (χ0n) is 16.2. The Bertz CT molecular complexity index is 623. The van der Waals surface area contributed by atoms with Gasteiger partial charge in [-0.2, -0.15) is 0 Å². The molecule has 0 aliphatic heterocycles. The van der Waals surface area contributed by atoms with Gasteiger partial charge in [0.15, 0.2) is 0 Å². The number of carbonyl (C=O) groups is 1. The molecular weight excluding hydrogens is 320 g/mol. The van der Waals surface area contributed by atoms with Crippen LogP contribution < -0.4 is 5.32 Å². The Hall–Kier alpha value is -1.38. The fraction of sp³-hybridized carbons (Fsp3) is 0.739. The van der Waals surface area contributed by atoms with Gasteiger partial charge in [0.05, 0.1) is 11.9 Å². The first-order chi connectivity index (χ1) is 12.8. The fourth-order valence-corrected chi connectivity index (χ4v) is 5.45. The lowest BCUT2D eigenvalue weighted by Gasteiger charge is -2.24. The third kappa shape index (κ3) is 3.97. The van der Waals surface area contributed by atoms with Crippen molar-refractivity contribution in [3.05, 3.63) is 23.0 Å². The summed E-state index contributed by atoms with van der Waals surface area (Å²) >= 11 is 0. The zero-order valence-corrected chi connectivity index (χ0v) is 16.2. The van der Waals surface area contributed by atoms with Crippen molar-refractivity contribution in [2.45, 2.75) is 102 Å². The average Bonchev–Trinajstić information content (AvgIpc) is 2.85. The number of fused-ring (bicyclic) bond motifs is 1. The molecule has 0 unspecified atom stereocenters. The molecule has 3 aliphatic rings. The van der Waals surface area contributed by atoms with Gasteiger partial charge < -0.3 is 5.32 Å². The molecule has 2 fully saturated rings. The SMILES string of the molecule is O=C(Nc1cnc2c(c1C1CCCCCC1)CCC2)C1CCCCCC1. The number of hydrogen-bond acceptors (Lipinski definition) is 2. The summed E-state index contributed by atoms with van der Waals surface area (Å²) < 4.78 is 0. The van der Waals surface area contributed by atoms with E-state index in [1.807, 2.05) is 6.20 Å². The maximum atomic E-state index is 13.0. The summed E-state index contributed by atoms with van der Waals surface area (Å²) in [6.07, 6.45) is 20.5. The highest BCUT2D eigenvalue weighted by atomic mass is 16.1. The van der Waals surface area contributed by atoms with E-state index in [0.29, 0.717) is 5.92 Å². The maximum absolute atomic E-state index is 13.0. The molecule has 0 radical (unpaired) electrons. The summed E-state index contributed by atoms with van der Waals surface area (Å²) in [5.74, 6) is 1.08. The van der Waals surface area contributed by atoms with Gasteiger partial charge in [-0.15, -0.1) is 0 Å². The van der Waals surface area contributed by atoms with Crippen molar-refractivity contribution in [2.24, 2.45) is 5.92 Å². The summed E-state index contributed by atoms with van der Waals surface area (Å²) in [6, 6.07) is 0. The molecule has 4 rings (SSSR count). The molecule has 0 aromatic carbocycles. The van der Waals surface area contributed by atoms with E-state index in [4.69, 9.17) is 4.98 Å². The van der Waals surface area contributed by atoms with E-state index in [2.05, 4.69) is 5.32 Å². The summed E-state index contributed by atoms with van der Waals surface area (Å²) in [5, 5.41) is 3.35. The van der Waals surface area contributed by atoms with E-state index >= 15 is 0 Å². The molecule has 3 nitrogen and oxygen atoms in total. The molecule has 1 heterocycles. The van der Waals surface area contributed by atoms with Gasteiger partial charge in [0.2, 0.25) is 5.91 Å². The number of carbonyl (C=O) groups excluding carboxylic acids is 1. The number of hydrogen-bond donors (Lipinski definition) is 1. The van der Waals surface area contributed by atoms with Gasteiger partial charge in [-0.1, -0.05) is 51.4 Å². The molecule has 0 saturated heterocycles. The van der Waals surface area contributed by atoms with Crippen LogP contribution in [0.2, 0.25) is 0 Å². The van der Waals surface area contributed by atoms with Crippen LogP contribution in [0.5, 0.6) is 0 Å². The van der Waals surface area contributed by atoms with Crippen LogP contribution in [0, 0.1) is 5.92 Å². The van der Waals surface area contributed by atoms with Gasteiger partial charge in [-0.3, -0.25) is 9.78 Å². The first-order valence-electron chi connectivity index (χ1n) is 11.1. The van der Waals surface area contributed by atoms with Gasteiger partial charge in [-0.25, -0.2) is 0 Å². The number of aromatic nitrogens is 1. The Morgan fingerprint density at radius 3 is 2.19 bits per heavy atom. The third-order valence-electron chi connectivity index (χ3n) is 6.90. The van der Waals surface area contributed by atoms with Crippen molar-refractivity contribution in [1.82, 2.24) is 4.98 Å². The monoisotopic (exact) mass is 354 g/mol. The molecular formula is C23H34N2O. The zero-order chi connectivity index (χ0) is 17.8. The van der Waals surface area contributed by atoms with Crippen molar-refractivity contribution < 1.29 is 4.79 Å². The fourth-order valence-electron chi connectivity index (χ4n) is 5.45. The highest BCUT2D eigenvalue weighted by Gasteiger charge is 2.28. The predicted octanol–water partition coefficient (Wildman–Crippen LogP) is 5.92. The second-order valence-electron chi connectivity index (χ2n) is 8.73. The minimum atomic E-state index is 0.202. The molecule has 3 aliphatic carbocycles. The van der Waals surface area contributed by atoms with Crippen LogP contribution in [0.15, 0.2) is 6.20 Å². The second kappa shape index (κ2) is 8.54. The lowest BCUT2D eigenvalue weighted by molar-refractivity contribution is -0.120. The first kappa shape index (κ1) is 18.0. The van der Waals surface area contributed by atoms with E-state index in [9.17, 15) is 4.79 Å². The normalized spacial score (nSPS) is 22.5. The number of anilines is 1. The van der Waals surface area contributed by atoms with Gasteiger partial charge in [0.1, 0.15) is 0 Å². The largest absolute Gasteiger partial charge is 0.324 e. The number of amides is 1. The van der Waals surface area contributed by atoms with Crippen LogP contribution in [-0.2, 0) is 17.6 Å². The smallest absolute Gasteiger partial charge is 0.227 e. The van der Waals surface area contributed by atoms with Crippen LogP contribution in [0.3, 0.4) is 0 Å². The number of aryl methyl sites for hydroxylation is 1. The first-order valence-corrected chi connectivity index (χ1v) is 11.1. The minimum Gasteiger partial charge on any atom is -0.324 e. The van der Waals surface area contributed by atoms with Crippen molar-refractivity contribution in [2.75, 3.05) is 5.32 Å².